The minimum absolute atomic E-state index is 0.0171. The molecule has 1 saturated heterocycles. The summed E-state index contributed by atoms with van der Waals surface area (Å²) in [6, 6.07) is -0.817. The highest BCUT2D eigenvalue weighted by atomic mass is 16.4. The highest BCUT2D eigenvalue weighted by Gasteiger charge is 2.46. The van der Waals surface area contributed by atoms with E-state index in [2.05, 4.69) is 5.32 Å². The van der Waals surface area contributed by atoms with Gasteiger partial charge in [0.1, 0.15) is 5.54 Å². The van der Waals surface area contributed by atoms with Gasteiger partial charge in [-0.2, -0.15) is 0 Å². The number of likely N-dealkylation sites (N-methyl/N-ethyl adjacent to an activating group) is 1. The first-order valence-electron chi connectivity index (χ1n) is 8.47. The normalized spacial score (nSPS) is 24.9. The van der Waals surface area contributed by atoms with Crippen molar-refractivity contribution in [3.63, 3.8) is 0 Å². The summed E-state index contributed by atoms with van der Waals surface area (Å²) in [7, 11) is 0.299. The van der Waals surface area contributed by atoms with E-state index in [4.69, 9.17) is 15.8 Å². The van der Waals surface area contributed by atoms with Gasteiger partial charge in [-0.05, 0) is 25.1 Å². The van der Waals surface area contributed by atoms with E-state index in [1.807, 2.05) is 13.8 Å². The van der Waals surface area contributed by atoms with Gasteiger partial charge < -0.3 is 25.8 Å². The quantitative estimate of drug-likeness (QED) is 0.275. The Labute approximate surface area is 143 Å². The molecule has 0 spiro atoms. The molecule has 1 aliphatic rings. The number of hydrogen-bond acceptors (Lipinski definition) is 6. The Kier molecular flexibility index (Phi) is 7.66. The average molecular weight is 343 g/mol. The smallest absolute Gasteiger partial charge is 0.451 e. The Morgan fingerprint density at radius 1 is 1.38 bits per heavy atom. The topological polar surface area (TPSA) is 136 Å². The average Bonchev–Trinajstić information content (AvgIpc) is 2.95. The first-order chi connectivity index (χ1) is 11.1. The minimum Gasteiger partial charge on any atom is -0.480 e. The van der Waals surface area contributed by atoms with Crippen molar-refractivity contribution in [3.8, 4) is 0 Å². The van der Waals surface area contributed by atoms with E-state index in [9.17, 15) is 14.7 Å². The Morgan fingerprint density at radius 2 is 2.00 bits per heavy atom. The fourth-order valence-electron chi connectivity index (χ4n) is 3.05. The molecule has 0 radical (unpaired) electrons. The molecule has 8 nitrogen and oxygen atoms in total. The second-order valence-corrected chi connectivity index (χ2v) is 7.07. The van der Waals surface area contributed by atoms with Crippen molar-refractivity contribution < 1.29 is 24.7 Å². The third-order valence-electron chi connectivity index (χ3n) is 4.88. The summed E-state index contributed by atoms with van der Waals surface area (Å²) in [5.74, 6) is -1.10. The van der Waals surface area contributed by atoms with Gasteiger partial charge in [-0.3, -0.25) is 14.9 Å². The van der Waals surface area contributed by atoms with Crippen LogP contribution < -0.4 is 11.1 Å². The summed E-state index contributed by atoms with van der Waals surface area (Å²) in [5.41, 5.74) is 4.83. The maximum Gasteiger partial charge on any atom is 0.451 e. The van der Waals surface area contributed by atoms with Gasteiger partial charge in [0, 0.05) is 19.6 Å². The molecule has 6 N–H and O–H groups in total. The zero-order valence-electron chi connectivity index (χ0n) is 14.7. The van der Waals surface area contributed by atoms with Gasteiger partial charge in [0.15, 0.2) is 0 Å². The predicted octanol–water partition coefficient (Wildman–Crippen LogP) is -0.743. The van der Waals surface area contributed by atoms with E-state index in [1.54, 1.807) is 11.9 Å². The molecule has 9 heteroatoms. The number of nitrogens with zero attached hydrogens (tertiary/aromatic N) is 1. The van der Waals surface area contributed by atoms with Crippen LogP contribution in [-0.4, -0.2) is 70.3 Å². The molecule has 0 aliphatic carbocycles. The highest BCUT2D eigenvalue weighted by molar-refractivity contribution is 6.40. The molecule has 3 atom stereocenters. The third-order valence-corrected chi connectivity index (χ3v) is 4.88. The maximum absolute atomic E-state index is 12.4. The minimum atomic E-state index is -1.36. The SMILES string of the molecule is CC(C)[C@H](N)C(=O)N(C)[C@H]1CN[C@](CCCCB(O)O)(C(=O)O)C1. The second kappa shape index (κ2) is 8.80. The number of carbonyl (C=O) groups is 2. The van der Waals surface area contributed by atoms with Crippen LogP contribution in [0.15, 0.2) is 0 Å². The first-order valence-corrected chi connectivity index (χ1v) is 8.47. The van der Waals surface area contributed by atoms with Crippen LogP contribution in [0.4, 0.5) is 0 Å². The monoisotopic (exact) mass is 343 g/mol. The van der Waals surface area contributed by atoms with E-state index in [1.165, 1.54) is 0 Å². The van der Waals surface area contributed by atoms with E-state index < -0.39 is 24.7 Å². The summed E-state index contributed by atoms with van der Waals surface area (Å²) in [5, 5.41) is 30.4. The van der Waals surface area contributed by atoms with Crippen LogP contribution in [0.1, 0.15) is 39.5 Å². The van der Waals surface area contributed by atoms with Crippen LogP contribution in [0.5, 0.6) is 0 Å². The second-order valence-electron chi connectivity index (χ2n) is 7.07. The fraction of sp³-hybridized carbons (Fsp3) is 0.867. The number of carbonyl (C=O) groups excluding carboxylic acids is 1. The van der Waals surface area contributed by atoms with Crippen LogP contribution in [0.2, 0.25) is 6.32 Å². The Hall–Kier alpha value is -1.16. The summed E-state index contributed by atoms with van der Waals surface area (Å²) in [4.78, 5) is 25.7. The Bertz CT molecular complexity index is 449. The molecule has 1 fully saturated rings. The molecule has 1 amide bonds. The molecule has 0 aromatic heterocycles. The molecule has 1 heterocycles. The maximum atomic E-state index is 12.4. The Morgan fingerprint density at radius 3 is 2.50 bits per heavy atom. The van der Waals surface area contributed by atoms with E-state index in [-0.39, 0.29) is 24.2 Å². The first kappa shape index (κ1) is 20.9. The molecule has 0 aromatic rings. The predicted molar refractivity (Wildman–Crippen MR) is 91.2 cm³/mol. The number of nitrogens with two attached hydrogens (primary N) is 1. The van der Waals surface area contributed by atoms with Gasteiger partial charge in [0.2, 0.25) is 5.91 Å². The number of amides is 1. The standard InChI is InChI=1S/C15H30BN3O5/c1-10(2)12(17)13(20)19(3)11-8-15(14(21)22,18-9-11)6-4-5-7-16(23)24/h10-12,18,23-24H,4-9,17H2,1-3H3,(H,21,22)/t11-,12+,15+/m1/s1. The largest absolute Gasteiger partial charge is 0.480 e. The van der Waals surface area contributed by atoms with Gasteiger partial charge in [-0.1, -0.05) is 26.7 Å². The van der Waals surface area contributed by atoms with Crippen molar-refractivity contribution in [2.75, 3.05) is 13.6 Å². The summed E-state index contributed by atoms with van der Waals surface area (Å²) >= 11 is 0. The molecule has 0 bridgehead atoms. The van der Waals surface area contributed by atoms with Gasteiger partial charge in [-0.25, -0.2) is 0 Å². The zero-order valence-corrected chi connectivity index (χ0v) is 14.7. The number of unbranched alkanes of at least 4 members (excludes halogenated alkanes) is 1. The van der Waals surface area contributed by atoms with Crippen LogP contribution in [0.3, 0.4) is 0 Å². The van der Waals surface area contributed by atoms with Crippen molar-refractivity contribution in [1.29, 1.82) is 0 Å². The zero-order chi connectivity index (χ0) is 18.5. The number of carboxylic acid groups (broad SMARTS) is 1. The third kappa shape index (κ3) is 5.17. The van der Waals surface area contributed by atoms with Crippen LogP contribution >= 0.6 is 0 Å². The van der Waals surface area contributed by atoms with Crippen LogP contribution in [0, 0.1) is 5.92 Å². The van der Waals surface area contributed by atoms with Crippen molar-refractivity contribution >= 4 is 19.0 Å². The summed E-state index contributed by atoms with van der Waals surface area (Å²) in [6.45, 7) is 4.16. The lowest BCUT2D eigenvalue weighted by molar-refractivity contribution is -0.145. The highest BCUT2D eigenvalue weighted by Crippen LogP contribution is 2.29. The molecule has 0 unspecified atom stereocenters. The summed E-state index contributed by atoms with van der Waals surface area (Å²) < 4.78 is 0. The Balaban J connectivity index is 2.66. The van der Waals surface area contributed by atoms with Crippen molar-refractivity contribution in [1.82, 2.24) is 10.2 Å². The van der Waals surface area contributed by atoms with Crippen molar-refractivity contribution in [2.24, 2.45) is 11.7 Å². The van der Waals surface area contributed by atoms with Crippen LogP contribution in [0.25, 0.3) is 0 Å². The van der Waals surface area contributed by atoms with Crippen LogP contribution in [-0.2, 0) is 9.59 Å². The summed E-state index contributed by atoms with van der Waals surface area (Å²) in [6.07, 6.45) is 2.01. The van der Waals surface area contributed by atoms with Gasteiger partial charge in [0.05, 0.1) is 6.04 Å². The molecule has 0 aromatic carbocycles. The molecular weight excluding hydrogens is 313 g/mol. The number of rotatable bonds is 9. The lowest BCUT2D eigenvalue weighted by Gasteiger charge is -2.30. The van der Waals surface area contributed by atoms with E-state index >= 15 is 0 Å². The molecular formula is C15H30BN3O5. The van der Waals surface area contributed by atoms with Gasteiger partial charge in [0.25, 0.3) is 0 Å². The van der Waals surface area contributed by atoms with Crippen molar-refractivity contribution in [2.45, 2.75) is 63.5 Å². The molecule has 0 saturated carbocycles. The number of hydrogen-bond donors (Lipinski definition) is 5. The molecule has 138 valence electrons. The number of nitrogens with one attached hydrogen (secondary N) is 1. The fourth-order valence-corrected chi connectivity index (χ4v) is 3.05. The van der Waals surface area contributed by atoms with Gasteiger partial charge >= 0.3 is 13.1 Å². The van der Waals surface area contributed by atoms with E-state index in [0.717, 1.165) is 0 Å². The molecule has 1 aliphatic heterocycles. The lowest BCUT2D eigenvalue weighted by atomic mass is 9.81. The number of aliphatic carboxylic acids is 1. The van der Waals surface area contributed by atoms with E-state index in [0.29, 0.717) is 32.2 Å². The molecule has 24 heavy (non-hydrogen) atoms. The molecule has 1 rings (SSSR count). The van der Waals surface area contributed by atoms with Gasteiger partial charge in [-0.15, -0.1) is 0 Å². The van der Waals surface area contributed by atoms with Crippen molar-refractivity contribution in [3.05, 3.63) is 0 Å². The number of carboxylic acids is 1. The lowest BCUT2D eigenvalue weighted by Crippen LogP contribution is -2.49.